The highest BCUT2D eigenvalue weighted by molar-refractivity contribution is 6.34. The lowest BCUT2D eigenvalue weighted by molar-refractivity contribution is 0.0821. The highest BCUT2D eigenvalue weighted by Gasteiger charge is 2.16. The number of ether oxygens (including phenoxy) is 1. The van der Waals surface area contributed by atoms with Gasteiger partial charge in [-0.25, -0.2) is 0 Å². The summed E-state index contributed by atoms with van der Waals surface area (Å²) in [5.41, 5.74) is 7.11. The lowest BCUT2D eigenvalue weighted by atomic mass is 10.1. The Labute approximate surface area is 117 Å². The van der Waals surface area contributed by atoms with Crippen molar-refractivity contribution in [3.05, 3.63) is 28.8 Å². The van der Waals surface area contributed by atoms with Crippen LogP contribution in [0.25, 0.3) is 0 Å². The number of rotatable bonds is 2. The molecule has 0 aromatic heterocycles. The van der Waals surface area contributed by atoms with Gasteiger partial charge in [-0.2, -0.15) is 0 Å². The largest absolute Gasteiger partial charge is 0.409 e. The van der Waals surface area contributed by atoms with E-state index in [2.05, 4.69) is 17.0 Å². The van der Waals surface area contributed by atoms with Crippen molar-refractivity contribution in [2.45, 2.75) is 19.4 Å². The fourth-order valence-electron chi connectivity index (χ4n) is 2.19. The van der Waals surface area contributed by atoms with Gasteiger partial charge < -0.3 is 20.6 Å². The van der Waals surface area contributed by atoms with Gasteiger partial charge in [0.05, 0.1) is 11.1 Å². The summed E-state index contributed by atoms with van der Waals surface area (Å²) < 4.78 is 5.62. The molecule has 0 spiro atoms. The molecule has 1 atom stereocenters. The topological polar surface area (TPSA) is 71.1 Å². The third kappa shape index (κ3) is 3.30. The van der Waals surface area contributed by atoms with E-state index in [1.165, 1.54) is 0 Å². The number of oxime groups is 1. The minimum atomic E-state index is 0.0177. The van der Waals surface area contributed by atoms with Gasteiger partial charge in [0.1, 0.15) is 0 Å². The predicted octanol–water partition coefficient (Wildman–Crippen LogP) is 2.05. The van der Waals surface area contributed by atoms with Crippen LogP contribution in [0.2, 0.25) is 5.02 Å². The summed E-state index contributed by atoms with van der Waals surface area (Å²) in [6, 6.07) is 5.54. The molecule has 19 heavy (non-hydrogen) atoms. The number of hydrogen-bond donors (Lipinski definition) is 2. The SMILES string of the molecule is CC1CN(c2ccc(C(N)=NO)c(Cl)c2)CCCO1. The van der Waals surface area contributed by atoms with E-state index in [0.717, 1.165) is 31.8 Å². The van der Waals surface area contributed by atoms with E-state index in [9.17, 15) is 0 Å². The van der Waals surface area contributed by atoms with Crippen LogP contribution in [0.1, 0.15) is 18.9 Å². The van der Waals surface area contributed by atoms with E-state index < -0.39 is 0 Å². The van der Waals surface area contributed by atoms with Crippen molar-refractivity contribution in [2.75, 3.05) is 24.6 Å². The molecule has 1 saturated heterocycles. The van der Waals surface area contributed by atoms with E-state index in [-0.39, 0.29) is 11.9 Å². The molecule has 1 fully saturated rings. The number of halogens is 1. The maximum Gasteiger partial charge on any atom is 0.171 e. The van der Waals surface area contributed by atoms with Crippen LogP contribution in [0.3, 0.4) is 0 Å². The maximum atomic E-state index is 8.68. The first kappa shape index (κ1) is 14.0. The first-order valence-corrected chi connectivity index (χ1v) is 6.63. The van der Waals surface area contributed by atoms with Crippen LogP contribution in [-0.4, -0.2) is 36.8 Å². The molecule has 5 nitrogen and oxygen atoms in total. The zero-order valence-corrected chi connectivity index (χ0v) is 11.6. The molecular weight excluding hydrogens is 266 g/mol. The van der Waals surface area contributed by atoms with Crippen LogP contribution in [0, 0.1) is 0 Å². The molecule has 1 heterocycles. The quantitative estimate of drug-likeness (QED) is 0.377. The van der Waals surface area contributed by atoms with Crippen molar-refractivity contribution in [1.29, 1.82) is 0 Å². The molecule has 104 valence electrons. The summed E-state index contributed by atoms with van der Waals surface area (Å²) in [4.78, 5) is 2.24. The number of nitrogens with zero attached hydrogens (tertiary/aromatic N) is 2. The molecule has 1 aliphatic heterocycles. The fraction of sp³-hybridized carbons (Fsp3) is 0.462. The van der Waals surface area contributed by atoms with Gasteiger partial charge in [0.15, 0.2) is 5.84 Å². The van der Waals surface area contributed by atoms with Crippen molar-refractivity contribution < 1.29 is 9.94 Å². The number of hydrogen-bond acceptors (Lipinski definition) is 4. The molecule has 0 amide bonds. The first-order valence-electron chi connectivity index (χ1n) is 6.26. The zero-order valence-electron chi connectivity index (χ0n) is 10.8. The maximum absolute atomic E-state index is 8.68. The molecule has 6 heteroatoms. The highest BCUT2D eigenvalue weighted by atomic mass is 35.5. The minimum Gasteiger partial charge on any atom is -0.409 e. The normalized spacial score (nSPS) is 21.3. The van der Waals surface area contributed by atoms with Gasteiger partial charge >= 0.3 is 0 Å². The second kappa shape index (κ2) is 6.12. The van der Waals surface area contributed by atoms with Crippen molar-refractivity contribution in [3.8, 4) is 0 Å². The summed E-state index contributed by atoms with van der Waals surface area (Å²) in [6.45, 7) is 4.61. The Balaban J connectivity index is 2.23. The Kier molecular flexibility index (Phi) is 4.50. The van der Waals surface area contributed by atoms with Gasteiger partial charge in [0, 0.05) is 30.9 Å². The van der Waals surface area contributed by atoms with Crippen LogP contribution in [0.4, 0.5) is 5.69 Å². The molecule has 0 bridgehead atoms. The van der Waals surface area contributed by atoms with Gasteiger partial charge in [0.25, 0.3) is 0 Å². The molecule has 1 aromatic rings. The molecule has 3 N–H and O–H groups in total. The molecule has 1 unspecified atom stereocenters. The fourth-order valence-corrected chi connectivity index (χ4v) is 2.46. The van der Waals surface area contributed by atoms with E-state index in [4.69, 9.17) is 27.3 Å². The zero-order chi connectivity index (χ0) is 13.8. The van der Waals surface area contributed by atoms with Crippen LogP contribution in [0.5, 0.6) is 0 Å². The number of benzene rings is 1. The summed E-state index contributed by atoms with van der Waals surface area (Å²) >= 11 is 6.17. The van der Waals surface area contributed by atoms with E-state index in [0.29, 0.717) is 10.6 Å². The standard InChI is InChI=1S/C13H18ClN3O2/c1-9-8-17(5-2-6-19-9)10-3-4-11(12(14)7-10)13(15)16-18/h3-4,7,9,18H,2,5-6,8H2,1H3,(H2,15,16). The van der Waals surface area contributed by atoms with Gasteiger partial charge in [-0.1, -0.05) is 16.8 Å². The first-order chi connectivity index (χ1) is 9.11. The highest BCUT2D eigenvalue weighted by Crippen LogP contribution is 2.25. The van der Waals surface area contributed by atoms with Crippen LogP contribution in [0.15, 0.2) is 23.4 Å². The summed E-state index contributed by atoms with van der Waals surface area (Å²) in [5, 5.41) is 12.1. The smallest absolute Gasteiger partial charge is 0.171 e. The number of nitrogens with two attached hydrogens (primary N) is 1. The van der Waals surface area contributed by atoms with Gasteiger partial charge in [-0.3, -0.25) is 0 Å². The minimum absolute atomic E-state index is 0.0177. The molecule has 0 radical (unpaired) electrons. The monoisotopic (exact) mass is 283 g/mol. The number of anilines is 1. The van der Waals surface area contributed by atoms with Gasteiger partial charge in [-0.15, -0.1) is 0 Å². The van der Waals surface area contributed by atoms with E-state index in [1.807, 2.05) is 12.1 Å². The molecular formula is C13H18ClN3O2. The number of amidine groups is 1. The molecule has 0 saturated carbocycles. The average Bonchev–Trinajstić information content (AvgIpc) is 2.62. The van der Waals surface area contributed by atoms with Crippen LogP contribution in [-0.2, 0) is 4.74 Å². The Hall–Kier alpha value is -1.46. The molecule has 0 aliphatic carbocycles. The van der Waals surface area contributed by atoms with Crippen molar-refractivity contribution in [2.24, 2.45) is 10.9 Å². The van der Waals surface area contributed by atoms with Crippen LogP contribution < -0.4 is 10.6 Å². The third-order valence-electron chi connectivity index (χ3n) is 3.15. The summed E-state index contributed by atoms with van der Waals surface area (Å²) in [5.74, 6) is 0.0177. The van der Waals surface area contributed by atoms with Crippen LogP contribution >= 0.6 is 11.6 Å². The van der Waals surface area contributed by atoms with Crippen molar-refractivity contribution in [1.82, 2.24) is 0 Å². The Bertz CT molecular complexity index is 479. The lowest BCUT2D eigenvalue weighted by Crippen LogP contribution is -2.30. The van der Waals surface area contributed by atoms with Crippen molar-refractivity contribution >= 4 is 23.1 Å². The Morgan fingerprint density at radius 2 is 2.37 bits per heavy atom. The molecule has 1 aromatic carbocycles. The lowest BCUT2D eigenvalue weighted by Gasteiger charge is -2.24. The van der Waals surface area contributed by atoms with E-state index >= 15 is 0 Å². The third-order valence-corrected chi connectivity index (χ3v) is 3.47. The summed E-state index contributed by atoms with van der Waals surface area (Å²) in [7, 11) is 0. The average molecular weight is 284 g/mol. The molecule has 1 aliphatic rings. The van der Waals surface area contributed by atoms with E-state index in [1.54, 1.807) is 6.07 Å². The summed E-state index contributed by atoms with van der Waals surface area (Å²) in [6.07, 6.45) is 1.19. The second-order valence-electron chi connectivity index (χ2n) is 4.63. The van der Waals surface area contributed by atoms with Gasteiger partial charge in [-0.05, 0) is 31.5 Å². The van der Waals surface area contributed by atoms with Gasteiger partial charge in [0.2, 0.25) is 0 Å². The second-order valence-corrected chi connectivity index (χ2v) is 5.04. The Morgan fingerprint density at radius 3 is 3.05 bits per heavy atom. The Morgan fingerprint density at radius 1 is 1.58 bits per heavy atom. The van der Waals surface area contributed by atoms with Crippen molar-refractivity contribution in [3.63, 3.8) is 0 Å². The molecule has 2 rings (SSSR count). The predicted molar refractivity (Wildman–Crippen MR) is 76.2 cm³/mol.